The van der Waals surface area contributed by atoms with Crippen LogP contribution in [0, 0.1) is 0 Å². The molecule has 2 rings (SSSR count). The van der Waals surface area contributed by atoms with Crippen molar-refractivity contribution in [3.8, 4) is 5.75 Å². The van der Waals surface area contributed by atoms with Gasteiger partial charge in [0.05, 0.1) is 7.11 Å². The average molecular weight is 191 g/mol. The fourth-order valence-corrected chi connectivity index (χ4v) is 2.38. The van der Waals surface area contributed by atoms with E-state index in [1.54, 1.807) is 7.11 Å². The molecular formula is C12H17NO. The SMILES string of the molecule is COc1cccc2c1C(C)(CN)CC2. The smallest absolute Gasteiger partial charge is 0.122 e. The lowest BCUT2D eigenvalue weighted by molar-refractivity contribution is 0.389. The van der Waals surface area contributed by atoms with Crippen molar-refractivity contribution in [1.29, 1.82) is 0 Å². The first-order valence-corrected chi connectivity index (χ1v) is 5.08. The molecule has 0 aliphatic heterocycles. The zero-order valence-electron chi connectivity index (χ0n) is 8.84. The van der Waals surface area contributed by atoms with Crippen molar-refractivity contribution < 1.29 is 4.74 Å². The van der Waals surface area contributed by atoms with E-state index in [0.29, 0.717) is 6.54 Å². The van der Waals surface area contributed by atoms with Gasteiger partial charge in [0.25, 0.3) is 0 Å². The van der Waals surface area contributed by atoms with Gasteiger partial charge in [-0.1, -0.05) is 19.1 Å². The molecule has 0 heterocycles. The number of benzene rings is 1. The number of rotatable bonds is 2. The summed E-state index contributed by atoms with van der Waals surface area (Å²) in [6, 6.07) is 6.26. The molecule has 76 valence electrons. The summed E-state index contributed by atoms with van der Waals surface area (Å²) in [6.07, 6.45) is 2.26. The molecule has 2 N–H and O–H groups in total. The number of hydrogen-bond donors (Lipinski definition) is 1. The van der Waals surface area contributed by atoms with Crippen molar-refractivity contribution in [3.05, 3.63) is 29.3 Å². The van der Waals surface area contributed by atoms with E-state index < -0.39 is 0 Å². The topological polar surface area (TPSA) is 35.2 Å². The summed E-state index contributed by atoms with van der Waals surface area (Å²) in [6.45, 7) is 2.92. The Labute approximate surface area is 85.1 Å². The van der Waals surface area contributed by atoms with E-state index in [2.05, 4.69) is 19.1 Å². The van der Waals surface area contributed by atoms with Crippen LogP contribution in [0.25, 0.3) is 0 Å². The molecule has 1 unspecified atom stereocenters. The first kappa shape index (κ1) is 9.53. The Bertz CT molecular complexity index is 348. The molecule has 2 heteroatoms. The molecule has 2 nitrogen and oxygen atoms in total. The van der Waals surface area contributed by atoms with Gasteiger partial charge in [0.2, 0.25) is 0 Å². The Morgan fingerprint density at radius 1 is 1.50 bits per heavy atom. The van der Waals surface area contributed by atoms with Crippen LogP contribution in [0.3, 0.4) is 0 Å². The highest BCUT2D eigenvalue weighted by Gasteiger charge is 2.35. The van der Waals surface area contributed by atoms with Crippen LogP contribution in [0.4, 0.5) is 0 Å². The van der Waals surface area contributed by atoms with Gasteiger partial charge in [-0.15, -0.1) is 0 Å². The Morgan fingerprint density at radius 3 is 2.93 bits per heavy atom. The lowest BCUT2D eigenvalue weighted by atomic mass is 9.84. The van der Waals surface area contributed by atoms with E-state index in [1.165, 1.54) is 11.1 Å². The van der Waals surface area contributed by atoms with E-state index in [4.69, 9.17) is 10.5 Å². The highest BCUT2D eigenvalue weighted by atomic mass is 16.5. The van der Waals surface area contributed by atoms with E-state index >= 15 is 0 Å². The van der Waals surface area contributed by atoms with Crippen molar-refractivity contribution in [2.24, 2.45) is 5.73 Å². The number of hydrogen-bond acceptors (Lipinski definition) is 2. The second-order valence-electron chi connectivity index (χ2n) is 4.26. The van der Waals surface area contributed by atoms with Crippen LogP contribution >= 0.6 is 0 Å². The quantitative estimate of drug-likeness (QED) is 0.774. The summed E-state index contributed by atoms with van der Waals surface area (Å²) in [5, 5.41) is 0. The molecule has 0 bridgehead atoms. The normalized spacial score (nSPS) is 24.8. The maximum atomic E-state index is 5.85. The maximum Gasteiger partial charge on any atom is 0.122 e. The molecule has 1 aliphatic carbocycles. The van der Waals surface area contributed by atoms with Gasteiger partial charge >= 0.3 is 0 Å². The first-order valence-electron chi connectivity index (χ1n) is 5.08. The van der Waals surface area contributed by atoms with Crippen LogP contribution in [0.1, 0.15) is 24.5 Å². The number of nitrogens with two attached hydrogens (primary N) is 1. The highest BCUT2D eigenvalue weighted by Crippen LogP contribution is 2.43. The minimum Gasteiger partial charge on any atom is -0.496 e. The van der Waals surface area contributed by atoms with Crippen molar-refractivity contribution in [1.82, 2.24) is 0 Å². The largest absolute Gasteiger partial charge is 0.496 e. The van der Waals surface area contributed by atoms with Gasteiger partial charge in [0.1, 0.15) is 5.75 Å². The lowest BCUT2D eigenvalue weighted by Gasteiger charge is -2.24. The third-order valence-corrected chi connectivity index (χ3v) is 3.33. The van der Waals surface area contributed by atoms with Gasteiger partial charge < -0.3 is 10.5 Å². The minimum atomic E-state index is 0.113. The number of aryl methyl sites for hydroxylation is 1. The van der Waals surface area contributed by atoms with Crippen molar-refractivity contribution >= 4 is 0 Å². The summed E-state index contributed by atoms with van der Waals surface area (Å²) in [7, 11) is 1.73. The Hall–Kier alpha value is -1.02. The van der Waals surface area contributed by atoms with E-state index in [9.17, 15) is 0 Å². The van der Waals surface area contributed by atoms with E-state index in [-0.39, 0.29) is 5.41 Å². The molecule has 1 aromatic rings. The Morgan fingerprint density at radius 2 is 2.29 bits per heavy atom. The fourth-order valence-electron chi connectivity index (χ4n) is 2.38. The third-order valence-electron chi connectivity index (χ3n) is 3.33. The molecule has 0 saturated heterocycles. The summed E-state index contributed by atoms with van der Waals surface area (Å²) >= 11 is 0. The van der Waals surface area contributed by atoms with Crippen LogP contribution in [0.15, 0.2) is 18.2 Å². The predicted molar refractivity (Wildman–Crippen MR) is 57.7 cm³/mol. The van der Waals surface area contributed by atoms with E-state index in [0.717, 1.165) is 18.6 Å². The molecule has 0 saturated carbocycles. The van der Waals surface area contributed by atoms with Crippen LogP contribution in [-0.4, -0.2) is 13.7 Å². The summed E-state index contributed by atoms with van der Waals surface area (Å²) in [5.41, 5.74) is 8.69. The molecule has 1 atom stereocenters. The first-order chi connectivity index (χ1) is 6.71. The predicted octanol–water partition coefficient (Wildman–Crippen LogP) is 1.86. The molecule has 0 spiro atoms. The van der Waals surface area contributed by atoms with Gasteiger partial charge in [-0.2, -0.15) is 0 Å². The fraction of sp³-hybridized carbons (Fsp3) is 0.500. The standard InChI is InChI=1S/C12H17NO/c1-12(8-13)7-6-9-4-3-5-10(14-2)11(9)12/h3-5H,6-8,13H2,1-2H3. The van der Waals surface area contributed by atoms with Crippen LogP contribution < -0.4 is 10.5 Å². The molecular weight excluding hydrogens is 174 g/mol. The third kappa shape index (κ3) is 1.22. The number of fused-ring (bicyclic) bond motifs is 1. The molecule has 0 aromatic heterocycles. The second-order valence-corrected chi connectivity index (χ2v) is 4.26. The minimum absolute atomic E-state index is 0.113. The van der Waals surface area contributed by atoms with E-state index in [1.807, 2.05) is 6.07 Å². The summed E-state index contributed by atoms with van der Waals surface area (Å²) in [5.74, 6) is 0.993. The van der Waals surface area contributed by atoms with Crippen LogP contribution in [0.2, 0.25) is 0 Å². The Kier molecular flexibility index (Phi) is 2.23. The Balaban J connectivity index is 2.56. The number of methoxy groups -OCH3 is 1. The van der Waals surface area contributed by atoms with Crippen molar-refractivity contribution in [2.45, 2.75) is 25.2 Å². The summed E-state index contributed by atoms with van der Waals surface area (Å²) < 4.78 is 5.40. The van der Waals surface area contributed by atoms with Gasteiger partial charge in [-0.05, 0) is 24.5 Å². The monoisotopic (exact) mass is 191 g/mol. The van der Waals surface area contributed by atoms with Gasteiger partial charge in [-0.25, -0.2) is 0 Å². The maximum absolute atomic E-state index is 5.85. The highest BCUT2D eigenvalue weighted by molar-refractivity contribution is 5.49. The molecule has 1 aromatic carbocycles. The van der Waals surface area contributed by atoms with Gasteiger partial charge in [0.15, 0.2) is 0 Å². The molecule has 0 radical (unpaired) electrons. The van der Waals surface area contributed by atoms with Gasteiger partial charge in [-0.3, -0.25) is 0 Å². The average Bonchev–Trinajstić information content (AvgIpc) is 2.58. The van der Waals surface area contributed by atoms with Crippen LogP contribution in [0.5, 0.6) is 5.75 Å². The van der Waals surface area contributed by atoms with Crippen molar-refractivity contribution in [3.63, 3.8) is 0 Å². The zero-order chi connectivity index (χ0) is 10.2. The second kappa shape index (κ2) is 3.28. The molecule has 14 heavy (non-hydrogen) atoms. The van der Waals surface area contributed by atoms with Crippen molar-refractivity contribution in [2.75, 3.05) is 13.7 Å². The lowest BCUT2D eigenvalue weighted by Crippen LogP contribution is -2.29. The van der Waals surface area contributed by atoms with Gasteiger partial charge in [0, 0.05) is 17.5 Å². The zero-order valence-corrected chi connectivity index (χ0v) is 8.84. The number of ether oxygens (including phenoxy) is 1. The summed E-state index contributed by atoms with van der Waals surface area (Å²) in [4.78, 5) is 0. The molecule has 0 fully saturated rings. The molecule has 0 amide bonds. The van der Waals surface area contributed by atoms with Crippen LogP contribution in [-0.2, 0) is 11.8 Å². The molecule has 1 aliphatic rings.